The summed E-state index contributed by atoms with van der Waals surface area (Å²) in [5.41, 5.74) is 2.38. The topological polar surface area (TPSA) is 79.9 Å². The number of carbonyl (C=O) groups excluding carboxylic acids is 2. The largest absolute Gasteiger partial charge is 0.573 e. The molecule has 1 aliphatic heterocycles. The van der Waals surface area contributed by atoms with E-state index in [2.05, 4.69) is 15.4 Å². The molecule has 0 saturated carbocycles. The third-order valence-corrected chi connectivity index (χ3v) is 5.96. The van der Waals surface area contributed by atoms with E-state index in [9.17, 15) is 22.8 Å². The van der Waals surface area contributed by atoms with Crippen LogP contribution in [0.1, 0.15) is 17.3 Å². The van der Waals surface area contributed by atoms with E-state index in [4.69, 9.17) is 4.74 Å². The molecule has 0 spiro atoms. The number of hydrogen-bond donors (Lipinski definition) is 2. The van der Waals surface area contributed by atoms with E-state index in [0.29, 0.717) is 31.9 Å². The molecule has 1 saturated heterocycles. The Balaban J connectivity index is 1.53. The van der Waals surface area contributed by atoms with E-state index in [1.807, 2.05) is 35.2 Å². The number of rotatable bonds is 7. The van der Waals surface area contributed by atoms with Crippen molar-refractivity contribution < 1.29 is 32.2 Å². The van der Waals surface area contributed by atoms with Gasteiger partial charge in [0.25, 0.3) is 5.91 Å². The molecule has 37 heavy (non-hydrogen) atoms. The van der Waals surface area contributed by atoms with Crippen molar-refractivity contribution in [3.8, 4) is 16.9 Å². The number of alkyl halides is 3. The molecular weight excluding hydrogens is 487 g/mol. The first-order valence-corrected chi connectivity index (χ1v) is 11.7. The van der Waals surface area contributed by atoms with E-state index >= 15 is 0 Å². The molecule has 2 amide bonds. The average Bonchev–Trinajstić information content (AvgIpc) is 2.90. The summed E-state index contributed by atoms with van der Waals surface area (Å²) in [4.78, 5) is 27.8. The van der Waals surface area contributed by atoms with E-state index in [-0.39, 0.29) is 11.4 Å². The summed E-state index contributed by atoms with van der Waals surface area (Å²) in [6.07, 6.45) is -4.91. The smallest absolute Gasteiger partial charge is 0.406 e. The summed E-state index contributed by atoms with van der Waals surface area (Å²) in [6.45, 7) is 3.76. The van der Waals surface area contributed by atoms with Crippen LogP contribution in [0.15, 0.2) is 72.8 Å². The normalized spacial score (nSPS) is 15.0. The highest BCUT2D eigenvalue weighted by atomic mass is 19.4. The van der Waals surface area contributed by atoms with Crippen molar-refractivity contribution >= 4 is 23.2 Å². The molecule has 2 N–H and O–H groups in total. The Kier molecular flexibility index (Phi) is 8.10. The lowest BCUT2D eigenvalue weighted by Crippen LogP contribution is -2.47. The molecule has 0 bridgehead atoms. The number of morpholine rings is 1. The van der Waals surface area contributed by atoms with Crippen LogP contribution in [0.5, 0.6) is 5.75 Å². The fourth-order valence-electron chi connectivity index (χ4n) is 3.94. The minimum atomic E-state index is -4.91. The van der Waals surface area contributed by atoms with E-state index in [1.54, 1.807) is 31.2 Å². The number of nitrogens with zero attached hydrogens (tertiary/aromatic N) is 1. The summed E-state index contributed by atoms with van der Waals surface area (Å²) in [5, 5.41) is 5.31. The molecule has 1 aliphatic rings. The van der Waals surface area contributed by atoms with Crippen molar-refractivity contribution in [2.75, 3.05) is 36.9 Å². The third kappa shape index (κ3) is 7.08. The summed E-state index contributed by atoms with van der Waals surface area (Å²) in [5.74, 6) is -1.44. The molecule has 0 aromatic heterocycles. The fraction of sp³-hybridized carbons (Fsp3) is 0.259. The van der Waals surface area contributed by atoms with Crippen molar-refractivity contribution in [1.29, 1.82) is 0 Å². The first kappa shape index (κ1) is 26.2. The minimum absolute atomic E-state index is 0.0129. The number of halogens is 3. The lowest BCUT2D eigenvalue weighted by Gasteiger charge is -2.31. The highest BCUT2D eigenvalue weighted by Gasteiger charge is 2.31. The fourth-order valence-corrected chi connectivity index (χ4v) is 3.94. The number of hydrogen-bond acceptors (Lipinski definition) is 5. The maximum absolute atomic E-state index is 12.9. The second-order valence-electron chi connectivity index (χ2n) is 8.47. The third-order valence-electron chi connectivity index (χ3n) is 5.96. The summed E-state index contributed by atoms with van der Waals surface area (Å²) >= 11 is 0. The lowest BCUT2D eigenvalue weighted by molar-refractivity contribution is -0.274. The number of carbonyl (C=O) groups is 2. The molecule has 0 unspecified atom stereocenters. The van der Waals surface area contributed by atoms with Gasteiger partial charge >= 0.3 is 6.36 Å². The minimum Gasteiger partial charge on any atom is -0.406 e. The van der Waals surface area contributed by atoms with Crippen LogP contribution in [0.25, 0.3) is 11.1 Å². The average molecular weight is 514 g/mol. The summed E-state index contributed by atoms with van der Waals surface area (Å²) < 4.78 is 47.7. The van der Waals surface area contributed by atoms with Crippen LogP contribution < -0.4 is 15.4 Å². The summed E-state index contributed by atoms with van der Waals surface area (Å²) in [7, 11) is 0. The molecular formula is C27H26F3N3O4. The molecule has 194 valence electrons. The van der Waals surface area contributed by atoms with Crippen molar-refractivity contribution in [2.24, 2.45) is 0 Å². The number of ether oxygens (including phenoxy) is 2. The zero-order chi connectivity index (χ0) is 26.4. The van der Waals surface area contributed by atoms with Gasteiger partial charge in [0.15, 0.2) is 0 Å². The zero-order valence-electron chi connectivity index (χ0n) is 20.0. The van der Waals surface area contributed by atoms with E-state index in [1.165, 1.54) is 6.07 Å². The maximum Gasteiger partial charge on any atom is 0.573 e. The maximum atomic E-state index is 12.9. The molecule has 0 aliphatic carbocycles. The Morgan fingerprint density at radius 1 is 0.892 bits per heavy atom. The molecule has 7 nitrogen and oxygen atoms in total. The van der Waals surface area contributed by atoms with Gasteiger partial charge in [-0.2, -0.15) is 0 Å². The van der Waals surface area contributed by atoms with Crippen molar-refractivity contribution in [1.82, 2.24) is 4.90 Å². The molecule has 1 heterocycles. The molecule has 4 rings (SSSR count). The van der Waals surface area contributed by atoms with Crippen molar-refractivity contribution in [2.45, 2.75) is 19.3 Å². The van der Waals surface area contributed by atoms with Gasteiger partial charge in [0.2, 0.25) is 5.91 Å². The van der Waals surface area contributed by atoms with Crippen LogP contribution >= 0.6 is 0 Å². The molecule has 0 radical (unpaired) electrons. The number of amides is 2. The van der Waals surface area contributed by atoms with Gasteiger partial charge in [0, 0.05) is 24.7 Å². The predicted octanol–water partition coefficient (Wildman–Crippen LogP) is 5.16. The molecule has 3 aromatic carbocycles. The Morgan fingerprint density at radius 2 is 1.54 bits per heavy atom. The second-order valence-corrected chi connectivity index (χ2v) is 8.47. The SMILES string of the molecule is C[C@H](C(=O)Nc1cc(OC(F)(F)F)ccc1NC(=O)c1ccc(-c2ccccc2)cc1)N1CCOCC1. The van der Waals surface area contributed by atoms with E-state index in [0.717, 1.165) is 23.3 Å². The predicted molar refractivity (Wildman–Crippen MR) is 133 cm³/mol. The number of nitrogens with one attached hydrogen (secondary N) is 2. The van der Waals surface area contributed by atoms with Gasteiger partial charge in [-0.05, 0) is 42.3 Å². The van der Waals surface area contributed by atoms with Gasteiger partial charge in [0.05, 0.1) is 30.6 Å². The quantitative estimate of drug-likeness (QED) is 0.456. The van der Waals surface area contributed by atoms with Crippen molar-refractivity contribution in [3.63, 3.8) is 0 Å². The molecule has 1 fully saturated rings. The van der Waals surface area contributed by atoms with Gasteiger partial charge in [-0.3, -0.25) is 14.5 Å². The van der Waals surface area contributed by atoms with Crippen LogP contribution in [0, 0.1) is 0 Å². The molecule has 10 heteroatoms. The first-order chi connectivity index (χ1) is 17.7. The van der Waals surface area contributed by atoms with Crippen LogP contribution in [-0.4, -0.2) is 55.4 Å². The standard InChI is InChI=1S/C27H26F3N3O4/c1-18(33-13-15-36-16-14-33)25(34)32-24-17-22(37-27(28,29)30)11-12-23(24)31-26(35)21-9-7-20(8-10-21)19-5-3-2-4-6-19/h2-12,17-18H,13-16H2,1H3,(H,31,35)(H,32,34)/t18-/m1/s1. The van der Waals surface area contributed by atoms with Gasteiger partial charge in [0.1, 0.15) is 5.75 Å². The lowest BCUT2D eigenvalue weighted by atomic mass is 10.0. The van der Waals surface area contributed by atoms with Gasteiger partial charge in [-0.15, -0.1) is 13.2 Å². The Morgan fingerprint density at radius 3 is 2.19 bits per heavy atom. The highest BCUT2D eigenvalue weighted by Crippen LogP contribution is 2.31. The van der Waals surface area contributed by atoms with Crippen LogP contribution in [0.4, 0.5) is 24.5 Å². The van der Waals surface area contributed by atoms with Crippen LogP contribution in [0.2, 0.25) is 0 Å². The van der Waals surface area contributed by atoms with Crippen molar-refractivity contribution in [3.05, 3.63) is 78.4 Å². The molecule has 3 aromatic rings. The second kappa shape index (κ2) is 11.4. The Hall–Kier alpha value is -3.89. The van der Waals surface area contributed by atoms with Gasteiger partial charge < -0.3 is 20.1 Å². The molecule has 1 atom stereocenters. The Labute approximate surface area is 212 Å². The van der Waals surface area contributed by atoms with E-state index < -0.39 is 30.0 Å². The Bertz CT molecular complexity index is 1230. The van der Waals surface area contributed by atoms with Gasteiger partial charge in [-0.1, -0.05) is 42.5 Å². The monoisotopic (exact) mass is 513 g/mol. The first-order valence-electron chi connectivity index (χ1n) is 11.7. The highest BCUT2D eigenvalue weighted by molar-refractivity contribution is 6.08. The zero-order valence-corrected chi connectivity index (χ0v) is 20.0. The van der Waals surface area contributed by atoms with Gasteiger partial charge in [-0.25, -0.2) is 0 Å². The van der Waals surface area contributed by atoms with Crippen LogP contribution in [-0.2, 0) is 9.53 Å². The number of anilines is 2. The van der Waals surface area contributed by atoms with Crippen LogP contribution in [0.3, 0.4) is 0 Å². The summed E-state index contributed by atoms with van der Waals surface area (Å²) in [6, 6.07) is 19.3. The number of benzene rings is 3.